The average Bonchev–Trinajstić information content (AvgIpc) is 2.31. The van der Waals surface area contributed by atoms with Crippen LogP contribution in [0.2, 0.25) is 0 Å². The number of nitrogens with one attached hydrogen (secondary N) is 1. The first-order chi connectivity index (χ1) is 6.06. The molecule has 3 nitrogen and oxygen atoms in total. The molecule has 0 aliphatic rings. The van der Waals surface area contributed by atoms with Crippen LogP contribution < -0.4 is 5.56 Å². The van der Waals surface area contributed by atoms with Crippen molar-refractivity contribution in [3.05, 3.63) is 21.6 Å². The quantitative estimate of drug-likeness (QED) is 0.755. The molecule has 1 heterocycles. The third-order valence-electron chi connectivity index (χ3n) is 2.20. The summed E-state index contributed by atoms with van der Waals surface area (Å²) >= 11 is 0. The first-order valence-electron chi connectivity index (χ1n) is 4.83. The normalized spacial score (nSPS) is 11.2. The van der Waals surface area contributed by atoms with E-state index < -0.39 is 0 Å². The first-order valence-corrected chi connectivity index (χ1v) is 4.83. The Kier molecular flexibility index (Phi) is 2.96. The van der Waals surface area contributed by atoms with E-state index in [9.17, 15) is 4.79 Å². The molecule has 0 saturated heterocycles. The van der Waals surface area contributed by atoms with Crippen molar-refractivity contribution in [2.45, 2.75) is 33.6 Å². The van der Waals surface area contributed by atoms with Gasteiger partial charge < -0.3 is 0 Å². The highest BCUT2D eigenvalue weighted by atomic mass is 16.1. The second kappa shape index (κ2) is 3.81. The molecule has 1 rings (SSSR count). The van der Waals surface area contributed by atoms with Gasteiger partial charge in [-0.25, -0.2) is 0 Å². The minimum absolute atomic E-state index is 0.130. The van der Waals surface area contributed by atoms with Crippen LogP contribution in [0, 0.1) is 5.92 Å². The Balaban J connectivity index is 3.09. The maximum atomic E-state index is 11.6. The maximum Gasteiger partial charge on any atom is 0.269 e. The van der Waals surface area contributed by atoms with E-state index in [1.165, 1.54) is 0 Å². The summed E-state index contributed by atoms with van der Waals surface area (Å²) in [5.41, 5.74) is 2.17. The topological polar surface area (TPSA) is 37.8 Å². The zero-order valence-electron chi connectivity index (χ0n) is 8.85. The van der Waals surface area contributed by atoms with Gasteiger partial charge in [-0.05, 0) is 18.8 Å². The van der Waals surface area contributed by atoms with Gasteiger partial charge in [0.1, 0.15) is 0 Å². The molecule has 0 aliphatic carbocycles. The summed E-state index contributed by atoms with van der Waals surface area (Å²) in [6.45, 7) is 6.33. The lowest BCUT2D eigenvalue weighted by Crippen LogP contribution is -2.16. The Morgan fingerprint density at radius 2 is 2.08 bits per heavy atom. The van der Waals surface area contributed by atoms with Gasteiger partial charge in [-0.1, -0.05) is 20.8 Å². The standard InChI is InChI=1S/C10H18N2O/c1-5-9-8(6-7(2)3)10(13)12(4)11-9/h7,11H,5-6H2,1-4H3. The molecule has 3 heteroatoms. The van der Waals surface area contributed by atoms with Gasteiger partial charge in [0.25, 0.3) is 5.56 Å². The smallest absolute Gasteiger partial charge is 0.269 e. The zero-order valence-corrected chi connectivity index (χ0v) is 8.85. The Hall–Kier alpha value is -0.990. The number of H-pyrrole nitrogens is 1. The van der Waals surface area contributed by atoms with Crippen LogP contribution in [0.3, 0.4) is 0 Å². The van der Waals surface area contributed by atoms with Crippen molar-refractivity contribution in [3.8, 4) is 0 Å². The maximum absolute atomic E-state index is 11.6. The highest BCUT2D eigenvalue weighted by Crippen LogP contribution is 2.08. The van der Waals surface area contributed by atoms with Crippen LogP contribution in [0.1, 0.15) is 32.0 Å². The van der Waals surface area contributed by atoms with E-state index in [2.05, 4.69) is 25.9 Å². The number of aromatic amines is 1. The molecule has 1 aromatic heterocycles. The Labute approximate surface area is 78.8 Å². The average molecular weight is 182 g/mol. The molecule has 0 radical (unpaired) electrons. The van der Waals surface area contributed by atoms with E-state index in [1.807, 2.05) is 0 Å². The minimum atomic E-state index is 0.130. The van der Waals surface area contributed by atoms with Crippen molar-refractivity contribution in [3.63, 3.8) is 0 Å². The molecule has 1 N–H and O–H groups in total. The molecule has 0 spiro atoms. The van der Waals surface area contributed by atoms with Crippen LogP contribution in [-0.2, 0) is 19.9 Å². The van der Waals surface area contributed by atoms with Gasteiger partial charge in [0.05, 0.1) is 0 Å². The summed E-state index contributed by atoms with van der Waals surface area (Å²) in [4.78, 5) is 11.6. The van der Waals surface area contributed by atoms with Crippen molar-refractivity contribution in [1.29, 1.82) is 0 Å². The van der Waals surface area contributed by atoms with Gasteiger partial charge in [0, 0.05) is 18.3 Å². The number of rotatable bonds is 3. The van der Waals surface area contributed by atoms with Gasteiger partial charge in [-0.2, -0.15) is 0 Å². The number of hydrogen-bond acceptors (Lipinski definition) is 1. The molecule has 0 atom stereocenters. The molecule has 0 saturated carbocycles. The molecule has 0 unspecified atom stereocenters. The van der Waals surface area contributed by atoms with Gasteiger partial charge in [-0.3, -0.25) is 14.6 Å². The van der Waals surface area contributed by atoms with Crippen LogP contribution in [0.25, 0.3) is 0 Å². The lowest BCUT2D eigenvalue weighted by molar-refractivity contribution is 0.639. The van der Waals surface area contributed by atoms with Crippen LogP contribution in [0.5, 0.6) is 0 Å². The molecular formula is C10H18N2O. The second-order valence-corrected chi connectivity index (χ2v) is 3.88. The molecule has 0 amide bonds. The summed E-state index contributed by atoms with van der Waals surface area (Å²) in [5.74, 6) is 0.536. The van der Waals surface area contributed by atoms with Crippen LogP contribution in [0.15, 0.2) is 4.79 Å². The molecule has 0 aliphatic heterocycles. The monoisotopic (exact) mass is 182 g/mol. The van der Waals surface area contributed by atoms with E-state index in [4.69, 9.17) is 0 Å². The number of aromatic nitrogens is 2. The van der Waals surface area contributed by atoms with E-state index in [1.54, 1.807) is 11.7 Å². The van der Waals surface area contributed by atoms with Crippen molar-refractivity contribution in [2.24, 2.45) is 13.0 Å². The van der Waals surface area contributed by atoms with E-state index in [-0.39, 0.29) is 5.56 Å². The number of nitrogens with zero attached hydrogens (tertiary/aromatic N) is 1. The SMILES string of the molecule is CCc1[nH]n(C)c(=O)c1CC(C)C. The Morgan fingerprint density at radius 3 is 2.54 bits per heavy atom. The zero-order chi connectivity index (χ0) is 10.0. The van der Waals surface area contributed by atoms with E-state index >= 15 is 0 Å². The largest absolute Gasteiger partial charge is 0.300 e. The van der Waals surface area contributed by atoms with Crippen molar-refractivity contribution < 1.29 is 0 Å². The summed E-state index contributed by atoms with van der Waals surface area (Å²) in [5, 5.41) is 3.07. The van der Waals surface area contributed by atoms with Gasteiger partial charge in [-0.15, -0.1) is 0 Å². The second-order valence-electron chi connectivity index (χ2n) is 3.88. The number of aryl methyl sites for hydroxylation is 2. The van der Waals surface area contributed by atoms with E-state index in [0.717, 1.165) is 24.1 Å². The fourth-order valence-corrected chi connectivity index (χ4v) is 1.56. The molecule has 74 valence electrons. The van der Waals surface area contributed by atoms with E-state index in [0.29, 0.717) is 5.92 Å². The van der Waals surface area contributed by atoms with Crippen molar-refractivity contribution in [1.82, 2.24) is 9.78 Å². The van der Waals surface area contributed by atoms with Gasteiger partial charge in [0.15, 0.2) is 0 Å². The first kappa shape index (κ1) is 10.1. The van der Waals surface area contributed by atoms with Gasteiger partial charge >= 0.3 is 0 Å². The van der Waals surface area contributed by atoms with Crippen LogP contribution in [0.4, 0.5) is 0 Å². The molecule has 0 fully saturated rings. The van der Waals surface area contributed by atoms with Crippen LogP contribution >= 0.6 is 0 Å². The predicted octanol–water partition coefficient (Wildman–Crippen LogP) is 1.47. The molecule has 0 aromatic carbocycles. The van der Waals surface area contributed by atoms with Crippen molar-refractivity contribution >= 4 is 0 Å². The Morgan fingerprint density at radius 1 is 1.46 bits per heavy atom. The fourth-order valence-electron chi connectivity index (χ4n) is 1.56. The van der Waals surface area contributed by atoms with Gasteiger partial charge in [0.2, 0.25) is 0 Å². The fraction of sp³-hybridized carbons (Fsp3) is 0.700. The highest BCUT2D eigenvalue weighted by Gasteiger charge is 2.11. The summed E-state index contributed by atoms with van der Waals surface area (Å²) in [6, 6.07) is 0. The summed E-state index contributed by atoms with van der Waals surface area (Å²) in [7, 11) is 1.77. The summed E-state index contributed by atoms with van der Waals surface area (Å²) < 4.78 is 1.57. The number of hydrogen-bond donors (Lipinski definition) is 1. The van der Waals surface area contributed by atoms with Crippen LogP contribution in [-0.4, -0.2) is 9.78 Å². The third kappa shape index (κ3) is 2.02. The molecular weight excluding hydrogens is 164 g/mol. The predicted molar refractivity (Wildman–Crippen MR) is 54.0 cm³/mol. The third-order valence-corrected chi connectivity index (χ3v) is 2.20. The highest BCUT2D eigenvalue weighted by molar-refractivity contribution is 5.17. The summed E-state index contributed by atoms with van der Waals surface area (Å²) in [6.07, 6.45) is 1.78. The molecule has 0 bridgehead atoms. The Bertz CT molecular complexity index is 333. The lowest BCUT2D eigenvalue weighted by atomic mass is 10.0. The lowest BCUT2D eigenvalue weighted by Gasteiger charge is -2.02. The minimum Gasteiger partial charge on any atom is -0.300 e. The molecule has 1 aromatic rings. The van der Waals surface area contributed by atoms with Crippen molar-refractivity contribution in [2.75, 3.05) is 0 Å². The molecule has 13 heavy (non-hydrogen) atoms.